The molecule has 100 valence electrons. The van der Waals surface area contributed by atoms with Crippen molar-refractivity contribution in [2.75, 3.05) is 5.75 Å². The summed E-state index contributed by atoms with van der Waals surface area (Å²) in [7, 11) is 0. The van der Waals surface area contributed by atoms with Crippen LogP contribution in [0.2, 0.25) is 0 Å². The Bertz CT molecular complexity index is 568. The van der Waals surface area contributed by atoms with Crippen molar-refractivity contribution in [3.8, 4) is 0 Å². The Morgan fingerprint density at radius 2 is 1.84 bits per heavy atom. The zero-order chi connectivity index (χ0) is 13.8. The second-order valence-corrected chi connectivity index (χ2v) is 5.75. The van der Waals surface area contributed by atoms with Gasteiger partial charge in [0.2, 0.25) is 0 Å². The fourth-order valence-corrected chi connectivity index (χ4v) is 2.86. The van der Waals surface area contributed by atoms with Crippen molar-refractivity contribution < 1.29 is 4.39 Å². The van der Waals surface area contributed by atoms with E-state index in [2.05, 4.69) is 19.1 Å². The van der Waals surface area contributed by atoms with Gasteiger partial charge in [-0.1, -0.05) is 30.3 Å². The summed E-state index contributed by atoms with van der Waals surface area (Å²) in [4.78, 5) is 1.23. The molecule has 0 radical (unpaired) electrons. The molecule has 0 amide bonds. The van der Waals surface area contributed by atoms with Crippen LogP contribution in [-0.2, 0) is 0 Å². The minimum absolute atomic E-state index is 0.153. The summed E-state index contributed by atoms with van der Waals surface area (Å²) in [5, 5.41) is 0. The standard InChI is InChI=1S/C16H18FNS/c1-11-7-8-13(9-14(11)17)15(18)10-19-16-6-4-3-5-12(16)2/h3-9,15H,10,18H2,1-2H3. The summed E-state index contributed by atoms with van der Waals surface area (Å²) in [6.45, 7) is 3.84. The molecule has 1 nitrogen and oxygen atoms in total. The highest BCUT2D eigenvalue weighted by Gasteiger charge is 2.09. The van der Waals surface area contributed by atoms with E-state index < -0.39 is 0 Å². The highest BCUT2D eigenvalue weighted by atomic mass is 32.2. The Morgan fingerprint density at radius 3 is 2.53 bits per heavy atom. The Morgan fingerprint density at radius 1 is 1.11 bits per heavy atom. The minimum Gasteiger partial charge on any atom is -0.323 e. The van der Waals surface area contributed by atoms with Crippen LogP contribution in [0.3, 0.4) is 0 Å². The fourth-order valence-electron chi connectivity index (χ4n) is 1.83. The van der Waals surface area contributed by atoms with E-state index in [0.717, 1.165) is 11.3 Å². The smallest absolute Gasteiger partial charge is 0.126 e. The van der Waals surface area contributed by atoms with Gasteiger partial charge in [0.15, 0.2) is 0 Å². The van der Waals surface area contributed by atoms with Crippen molar-refractivity contribution in [1.29, 1.82) is 0 Å². The molecule has 19 heavy (non-hydrogen) atoms. The van der Waals surface area contributed by atoms with Gasteiger partial charge in [0, 0.05) is 16.7 Å². The van der Waals surface area contributed by atoms with Crippen LogP contribution in [0, 0.1) is 19.7 Å². The molecule has 3 heteroatoms. The number of rotatable bonds is 4. The van der Waals surface area contributed by atoms with E-state index in [1.165, 1.54) is 10.5 Å². The van der Waals surface area contributed by atoms with Gasteiger partial charge < -0.3 is 5.73 Å². The molecule has 0 fully saturated rings. The van der Waals surface area contributed by atoms with Crippen LogP contribution in [0.25, 0.3) is 0 Å². The molecule has 1 unspecified atom stereocenters. The minimum atomic E-state index is -0.186. The molecule has 0 saturated heterocycles. The zero-order valence-corrected chi connectivity index (χ0v) is 12.0. The van der Waals surface area contributed by atoms with Gasteiger partial charge >= 0.3 is 0 Å². The molecule has 0 saturated carbocycles. The molecule has 2 rings (SSSR count). The van der Waals surface area contributed by atoms with E-state index in [1.54, 1.807) is 30.8 Å². The average molecular weight is 275 g/mol. The Hall–Kier alpha value is -1.32. The first-order valence-electron chi connectivity index (χ1n) is 6.28. The number of benzene rings is 2. The number of hydrogen-bond acceptors (Lipinski definition) is 2. The molecule has 0 heterocycles. The lowest BCUT2D eigenvalue weighted by Gasteiger charge is -2.13. The largest absolute Gasteiger partial charge is 0.323 e. The molecular formula is C16H18FNS. The van der Waals surface area contributed by atoms with Gasteiger partial charge in [0.1, 0.15) is 5.82 Å². The number of thioether (sulfide) groups is 1. The fraction of sp³-hybridized carbons (Fsp3) is 0.250. The van der Waals surface area contributed by atoms with E-state index in [9.17, 15) is 4.39 Å². The van der Waals surface area contributed by atoms with E-state index >= 15 is 0 Å². The summed E-state index contributed by atoms with van der Waals surface area (Å²) in [6.07, 6.45) is 0. The van der Waals surface area contributed by atoms with Crippen molar-refractivity contribution in [1.82, 2.24) is 0 Å². The summed E-state index contributed by atoms with van der Waals surface area (Å²) < 4.78 is 13.5. The Balaban J connectivity index is 2.03. The second kappa shape index (κ2) is 6.22. The monoisotopic (exact) mass is 275 g/mol. The summed E-state index contributed by atoms with van der Waals surface area (Å²) in [5.41, 5.74) is 8.88. The Kier molecular flexibility index (Phi) is 4.61. The first-order valence-corrected chi connectivity index (χ1v) is 7.26. The predicted molar refractivity (Wildman–Crippen MR) is 80.0 cm³/mol. The third kappa shape index (κ3) is 3.58. The number of hydrogen-bond donors (Lipinski definition) is 1. The zero-order valence-electron chi connectivity index (χ0n) is 11.2. The summed E-state index contributed by atoms with van der Waals surface area (Å²) in [5.74, 6) is 0.557. The van der Waals surface area contributed by atoms with Gasteiger partial charge in [-0.25, -0.2) is 4.39 Å². The van der Waals surface area contributed by atoms with Crippen LogP contribution in [-0.4, -0.2) is 5.75 Å². The number of aryl methyl sites for hydroxylation is 2. The first kappa shape index (κ1) is 14.1. The van der Waals surface area contributed by atoms with Gasteiger partial charge in [-0.3, -0.25) is 0 Å². The average Bonchev–Trinajstić information content (AvgIpc) is 2.40. The maximum absolute atomic E-state index is 13.5. The van der Waals surface area contributed by atoms with Gasteiger partial charge in [0.05, 0.1) is 0 Å². The van der Waals surface area contributed by atoms with Gasteiger partial charge in [-0.2, -0.15) is 0 Å². The first-order chi connectivity index (χ1) is 9.08. The molecule has 0 spiro atoms. The third-order valence-electron chi connectivity index (χ3n) is 3.14. The molecule has 0 aliphatic heterocycles. The maximum atomic E-state index is 13.5. The molecule has 1 atom stereocenters. The van der Waals surface area contributed by atoms with Gasteiger partial charge in [0.25, 0.3) is 0 Å². The molecule has 2 N–H and O–H groups in total. The van der Waals surface area contributed by atoms with E-state index in [4.69, 9.17) is 5.73 Å². The van der Waals surface area contributed by atoms with Crippen LogP contribution in [0.4, 0.5) is 4.39 Å². The van der Waals surface area contributed by atoms with Gasteiger partial charge in [-0.05, 0) is 42.7 Å². The topological polar surface area (TPSA) is 26.0 Å². The quantitative estimate of drug-likeness (QED) is 0.845. The molecule has 0 aliphatic carbocycles. The van der Waals surface area contributed by atoms with E-state index in [1.807, 2.05) is 18.2 Å². The molecule has 0 bridgehead atoms. The Labute approximate surface area is 118 Å². The predicted octanol–water partition coefficient (Wildman–Crippen LogP) is 4.23. The highest BCUT2D eigenvalue weighted by Crippen LogP contribution is 2.26. The molecular weight excluding hydrogens is 257 g/mol. The second-order valence-electron chi connectivity index (χ2n) is 4.69. The SMILES string of the molecule is Cc1ccc(C(N)CSc2ccccc2C)cc1F. The van der Waals surface area contributed by atoms with Crippen molar-refractivity contribution in [2.24, 2.45) is 5.73 Å². The lowest BCUT2D eigenvalue weighted by Crippen LogP contribution is -2.13. The lowest BCUT2D eigenvalue weighted by molar-refractivity contribution is 0.613. The number of nitrogens with two attached hydrogens (primary N) is 1. The third-order valence-corrected chi connectivity index (χ3v) is 4.43. The molecule has 2 aromatic carbocycles. The highest BCUT2D eigenvalue weighted by molar-refractivity contribution is 7.99. The van der Waals surface area contributed by atoms with Crippen LogP contribution >= 0.6 is 11.8 Å². The van der Waals surface area contributed by atoms with E-state index in [-0.39, 0.29) is 11.9 Å². The van der Waals surface area contributed by atoms with Crippen molar-refractivity contribution in [2.45, 2.75) is 24.8 Å². The van der Waals surface area contributed by atoms with Crippen LogP contribution in [0.5, 0.6) is 0 Å². The normalized spacial score (nSPS) is 12.4. The van der Waals surface area contributed by atoms with Crippen molar-refractivity contribution in [3.05, 3.63) is 65.0 Å². The van der Waals surface area contributed by atoms with Crippen LogP contribution in [0.15, 0.2) is 47.4 Å². The number of halogens is 1. The summed E-state index contributed by atoms with van der Waals surface area (Å²) in [6, 6.07) is 13.3. The van der Waals surface area contributed by atoms with Crippen molar-refractivity contribution >= 4 is 11.8 Å². The molecule has 0 aliphatic rings. The lowest BCUT2D eigenvalue weighted by atomic mass is 10.1. The summed E-state index contributed by atoms with van der Waals surface area (Å²) >= 11 is 1.71. The van der Waals surface area contributed by atoms with Crippen LogP contribution < -0.4 is 5.73 Å². The van der Waals surface area contributed by atoms with E-state index in [0.29, 0.717) is 5.56 Å². The van der Waals surface area contributed by atoms with Crippen molar-refractivity contribution in [3.63, 3.8) is 0 Å². The van der Waals surface area contributed by atoms with Crippen LogP contribution in [0.1, 0.15) is 22.7 Å². The maximum Gasteiger partial charge on any atom is 0.126 e. The molecule has 0 aromatic heterocycles. The van der Waals surface area contributed by atoms with Gasteiger partial charge in [-0.15, -0.1) is 11.8 Å². The molecule has 2 aromatic rings.